The number of hydrogen-bond donors (Lipinski definition) is 1. The van der Waals surface area contributed by atoms with E-state index >= 15 is 0 Å². The van der Waals surface area contributed by atoms with Gasteiger partial charge in [0.1, 0.15) is 0 Å². The molecule has 2 aliphatic rings. The Kier molecular flexibility index (Phi) is 4.67. The molecule has 1 N–H and O–H groups in total. The Morgan fingerprint density at radius 1 is 1.22 bits per heavy atom. The molecule has 0 radical (unpaired) electrons. The molecule has 0 aliphatic carbocycles. The van der Waals surface area contributed by atoms with Gasteiger partial charge in [-0.15, -0.1) is 0 Å². The molecule has 18 heavy (non-hydrogen) atoms. The molecular weight excluding hydrogens is 248 g/mol. The molecule has 3 atom stereocenters. The second kappa shape index (κ2) is 5.88. The Hall–Kier alpha value is -0.130. The molecule has 5 heteroatoms. The molecule has 2 fully saturated rings. The molecule has 0 saturated carbocycles. The van der Waals surface area contributed by atoms with Crippen molar-refractivity contribution in [2.45, 2.75) is 70.5 Å². The molecule has 2 aliphatic heterocycles. The summed E-state index contributed by atoms with van der Waals surface area (Å²) in [5.74, 6) is 0.286. The summed E-state index contributed by atoms with van der Waals surface area (Å²) in [5.41, 5.74) is 0. The summed E-state index contributed by atoms with van der Waals surface area (Å²) in [4.78, 5) is 0. The fourth-order valence-corrected chi connectivity index (χ4v) is 5.67. The lowest BCUT2D eigenvalue weighted by molar-refractivity contribution is 0.323. The van der Waals surface area contributed by atoms with Gasteiger partial charge in [0.2, 0.25) is 10.0 Å². The third kappa shape index (κ3) is 3.06. The highest BCUT2D eigenvalue weighted by Gasteiger charge is 2.39. The van der Waals surface area contributed by atoms with Crippen molar-refractivity contribution in [3.63, 3.8) is 0 Å². The van der Waals surface area contributed by atoms with Crippen LogP contribution in [0.15, 0.2) is 0 Å². The first kappa shape index (κ1) is 14.3. The number of nitrogens with zero attached hydrogens (tertiary/aromatic N) is 1. The third-order valence-electron chi connectivity index (χ3n) is 4.33. The van der Waals surface area contributed by atoms with Crippen molar-refractivity contribution in [1.82, 2.24) is 9.62 Å². The van der Waals surface area contributed by atoms with Crippen molar-refractivity contribution in [3.8, 4) is 0 Å². The first-order chi connectivity index (χ1) is 8.54. The van der Waals surface area contributed by atoms with Crippen LogP contribution in [0.1, 0.15) is 52.4 Å². The van der Waals surface area contributed by atoms with Crippen molar-refractivity contribution < 1.29 is 8.42 Å². The highest BCUT2D eigenvalue weighted by molar-refractivity contribution is 7.89. The van der Waals surface area contributed by atoms with Crippen LogP contribution in [0.3, 0.4) is 0 Å². The van der Waals surface area contributed by atoms with Crippen LogP contribution in [0.5, 0.6) is 0 Å². The molecule has 0 aromatic rings. The van der Waals surface area contributed by atoms with Gasteiger partial charge in [0.15, 0.2) is 0 Å². The van der Waals surface area contributed by atoms with Gasteiger partial charge < -0.3 is 5.32 Å². The lowest BCUT2D eigenvalue weighted by Gasteiger charge is -2.30. The van der Waals surface area contributed by atoms with Gasteiger partial charge in [0.25, 0.3) is 0 Å². The van der Waals surface area contributed by atoms with Gasteiger partial charge in [0.05, 0.1) is 5.75 Å². The van der Waals surface area contributed by atoms with Crippen molar-refractivity contribution in [2.24, 2.45) is 0 Å². The predicted molar refractivity (Wildman–Crippen MR) is 74.0 cm³/mol. The number of sulfonamides is 1. The Labute approximate surface area is 111 Å². The molecule has 0 spiro atoms. The van der Waals surface area contributed by atoms with Gasteiger partial charge in [-0.05, 0) is 45.6 Å². The molecule has 2 rings (SSSR count). The number of nitrogens with one attached hydrogen (secondary N) is 1. The van der Waals surface area contributed by atoms with E-state index in [1.807, 2.05) is 6.92 Å². The van der Waals surface area contributed by atoms with E-state index in [2.05, 4.69) is 12.2 Å². The van der Waals surface area contributed by atoms with Gasteiger partial charge in [-0.3, -0.25) is 0 Å². The van der Waals surface area contributed by atoms with Gasteiger partial charge >= 0.3 is 0 Å². The van der Waals surface area contributed by atoms with Gasteiger partial charge in [-0.1, -0.05) is 13.3 Å². The van der Waals surface area contributed by atoms with Crippen LogP contribution in [0, 0.1) is 0 Å². The zero-order valence-electron chi connectivity index (χ0n) is 11.6. The zero-order chi connectivity index (χ0) is 13.2. The fraction of sp³-hybridized carbons (Fsp3) is 1.00. The van der Waals surface area contributed by atoms with Gasteiger partial charge in [0, 0.05) is 18.1 Å². The highest BCUT2D eigenvalue weighted by Crippen LogP contribution is 2.29. The summed E-state index contributed by atoms with van der Waals surface area (Å²) in [5, 5.41) is 3.34. The van der Waals surface area contributed by atoms with Crippen LogP contribution < -0.4 is 5.32 Å². The maximum Gasteiger partial charge on any atom is 0.216 e. The van der Waals surface area contributed by atoms with Gasteiger partial charge in [-0.25, -0.2) is 8.42 Å². The van der Waals surface area contributed by atoms with Crippen LogP contribution in [0.2, 0.25) is 0 Å². The maximum atomic E-state index is 12.6. The second-order valence-corrected chi connectivity index (χ2v) is 7.66. The van der Waals surface area contributed by atoms with Crippen molar-refractivity contribution in [2.75, 3.05) is 12.3 Å². The summed E-state index contributed by atoms with van der Waals surface area (Å²) in [6.07, 6.45) is 6.29. The summed E-state index contributed by atoms with van der Waals surface area (Å²) in [6.45, 7) is 5.10. The Balaban J connectivity index is 2.04. The Morgan fingerprint density at radius 3 is 2.61 bits per heavy atom. The number of piperidine rings is 1. The Bertz CT molecular complexity index is 363. The molecule has 106 valence electrons. The minimum absolute atomic E-state index is 0.161. The van der Waals surface area contributed by atoms with Gasteiger partial charge in [-0.2, -0.15) is 4.31 Å². The molecule has 4 nitrogen and oxygen atoms in total. The average Bonchev–Trinajstić information content (AvgIpc) is 2.72. The molecule has 0 aromatic heterocycles. The van der Waals surface area contributed by atoms with E-state index in [1.165, 1.54) is 6.42 Å². The zero-order valence-corrected chi connectivity index (χ0v) is 12.4. The van der Waals surface area contributed by atoms with E-state index in [1.54, 1.807) is 4.31 Å². The highest BCUT2D eigenvalue weighted by atomic mass is 32.2. The van der Waals surface area contributed by atoms with Crippen LogP contribution in [0.25, 0.3) is 0 Å². The molecule has 0 aromatic carbocycles. The van der Waals surface area contributed by atoms with Crippen LogP contribution in [-0.4, -0.2) is 43.1 Å². The SMILES string of the molecule is CCC1CCC(C)N1S(=O)(=O)CC1CCCCN1. The molecule has 0 bridgehead atoms. The minimum Gasteiger partial charge on any atom is -0.313 e. The summed E-state index contributed by atoms with van der Waals surface area (Å²) in [7, 11) is -3.10. The van der Waals surface area contributed by atoms with E-state index in [0.29, 0.717) is 0 Å². The smallest absolute Gasteiger partial charge is 0.216 e. The lowest BCUT2D eigenvalue weighted by Crippen LogP contribution is -2.47. The summed E-state index contributed by atoms with van der Waals surface area (Å²) in [6, 6.07) is 0.575. The molecular formula is C13H26N2O2S. The van der Waals surface area contributed by atoms with Crippen molar-refractivity contribution in [1.29, 1.82) is 0 Å². The first-order valence-corrected chi connectivity index (χ1v) is 8.90. The second-order valence-electron chi connectivity index (χ2n) is 5.74. The molecule has 2 heterocycles. The molecule has 0 amide bonds. The van der Waals surface area contributed by atoms with Crippen LogP contribution >= 0.6 is 0 Å². The summed E-state index contributed by atoms with van der Waals surface area (Å²) >= 11 is 0. The maximum absolute atomic E-state index is 12.6. The third-order valence-corrected chi connectivity index (χ3v) is 6.45. The van der Waals surface area contributed by atoms with E-state index in [9.17, 15) is 8.42 Å². The van der Waals surface area contributed by atoms with E-state index in [4.69, 9.17) is 0 Å². The van der Waals surface area contributed by atoms with E-state index < -0.39 is 10.0 Å². The quantitative estimate of drug-likeness (QED) is 0.849. The number of rotatable bonds is 4. The predicted octanol–water partition coefficient (Wildman–Crippen LogP) is 1.72. The average molecular weight is 274 g/mol. The monoisotopic (exact) mass is 274 g/mol. The van der Waals surface area contributed by atoms with Crippen molar-refractivity contribution in [3.05, 3.63) is 0 Å². The van der Waals surface area contributed by atoms with E-state index in [0.717, 1.165) is 38.6 Å². The Morgan fingerprint density at radius 2 is 2.00 bits per heavy atom. The molecule has 2 saturated heterocycles. The minimum atomic E-state index is -3.10. The first-order valence-electron chi connectivity index (χ1n) is 7.29. The number of hydrogen-bond acceptors (Lipinski definition) is 3. The standard InChI is InChI=1S/C13H26N2O2S/c1-3-13-8-7-11(2)15(13)18(16,17)10-12-6-4-5-9-14-12/h11-14H,3-10H2,1-2H3. The van der Waals surface area contributed by atoms with Crippen LogP contribution in [-0.2, 0) is 10.0 Å². The van der Waals surface area contributed by atoms with Crippen LogP contribution in [0.4, 0.5) is 0 Å². The normalized spacial score (nSPS) is 34.9. The summed E-state index contributed by atoms with van der Waals surface area (Å²) < 4.78 is 26.9. The molecule has 3 unspecified atom stereocenters. The topological polar surface area (TPSA) is 49.4 Å². The largest absolute Gasteiger partial charge is 0.313 e. The van der Waals surface area contributed by atoms with Crippen molar-refractivity contribution >= 4 is 10.0 Å². The lowest BCUT2D eigenvalue weighted by atomic mass is 10.1. The fourth-order valence-electron chi connectivity index (χ4n) is 3.34. The van der Waals surface area contributed by atoms with E-state index in [-0.39, 0.29) is 23.9 Å².